The van der Waals surface area contributed by atoms with Gasteiger partial charge in [0.25, 0.3) is 10.0 Å². The summed E-state index contributed by atoms with van der Waals surface area (Å²) in [6.07, 6.45) is 1.69. The summed E-state index contributed by atoms with van der Waals surface area (Å²) in [5.74, 6) is -1.32. The van der Waals surface area contributed by atoms with E-state index in [1.54, 1.807) is 50.2 Å². The van der Waals surface area contributed by atoms with E-state index in [1.807, 2.05) is 26.8 Å². The predicted molar refractivity (Wildman–Crippen MR) is 156 cm³/mol. The van der Waals surface area contributed by atoms with Crippen molar-refractivity contribution < 1.29 is 22.4 Å². The standard InChI is InChI=1S/C31H38FN3O4S/c1-6-7-18-33-31(37)25(5)34(20-26-11-13-27(32)14-12-26)30(36)21-35(29-17-10-23(3)19-24(29)4)40(38,39)28-15-8-22(2)9-16-28/h8-17,19,25H,6-7,18,20-21H2,1-5H3,(H,33,37)/t25-/m1/s1. The normalized spacial score (nSPS) is 12.1. The van der Waals surface area contributed by atoms with Crippen LogP contribution in [0.15, 0.2) is 71.6 Å². The molecule has 3 aromatic carbocycles. The van der Waals surface area contributed by atoms with E-state index in [0.29, 0.717) is 23.4 Å². The summed E-state index contributed by atoms with van der Waals surface area (Å²) in [5.41, 5.74) is 3.54. The van der Waals surface area contributed by atoms with Crippen LogP contribution < -0.4 is 9.62 Å². The topological polar surface area (TPSA) is 86.8 Å². The average molecular weight is 568 g/mol. The zero-order valence-corrected chi connectivity index (χ0v) is 24.6. The third-order valence-corrected chi connectivity index (χ3v) is 8.55. The Hall–Kier alpha value is -3.72. The van der Waals surface area contributed by atoms with Crippen LogP contribution >= 0.6 is 0 Å². The summed E-state index contributed by atoms with van der Waals surface area (Å²) < 4.78 is 42.6. The molecule has 7 nitrogen and oxygen atoms in total. The number of carbonyl (C=O) groups is 2. The number of hydrogen-bond acceptors (Lipinski definition) is 4. The molecule has 2 amide bonds. The van der Waals surface area contributed by atoms with Crippen molar-refractivity contribution in [2.24, 2.45) is 0 Å². The number of hydrogen-bond donors (Lipinski definition) is 1. The van der Waals surface area contributed by atoms with Crippen molar-refractivity contribution in [2.75, 3.05) is 17.4 Å². The zero-order valence-electron chi connectivity index (χ0n) is 23.8. The van der Waals surface area contributed by atoms with Crippen LogP contribution in [-0.2, 0) is 26.2 Å². The summed E-state index contributed by atoms with van der Waals surface area (Å²) in [5, 5.41) is 2.85. The van der Waals surface area contributed by atoms with Crippen LogP contribution in [0.25, 0.3) is 0 Å². The van der Waals surface area contributed by atoms with Gasteiger partial charge >= 0.3 is 0 Å². The van der Waals surface area contributed by atoms with Crippen molar-refractivity contribution in [2.45, 2.75) is 64.9 Å². The van der Waals surface area contributed by atoms with E-state index in [4.69, 9.17) is 0 Å². The Morgan fingerprint density at radius 3 is 2.15 bits per heavy atom. The highest BCUT2D eigenvalue weighted by Gasteiger charge is 2.33. The highest BCUT2D eigenvalue weighted by Crippen LogP contribution is 2.28. The number of unbranched alkanes of at least 4 members (excludes halogenated alkanes) is 1. The number of sulfonamides is 1. The lowest BCUT2D eigenvalue weighted by Gasteiger charge is -2.32. The van der Waals surface area contributed by atoms with Crippen molar-refractivity contribution >= 4 is 27.5 Å². The fraction of sp³-hybridized carbons (Fsp3) is 0.355. The number of halogens is 1. The SMILES string of the molecule is CCCCNC(=O)[C@@H](C)N(Cc1ccc(F)cc1)C(=O)CN(c1ccc(C)cc1C)S(=O)(=O)c1ccc(C)cc1. The van der Waals surface area contributed by atoms with Gasteiger partial charge in [0.15, 0.2) is 0 Å². The number of aryl methyl sites for hydroxylation is 3. The Labute approximate surface area is 237 Å². The van der Waals surface area contributed by atoms with Gasteiger partial charge in [0, 0.05) is 13.1 Å². The van der Waals surface area contributed by atoms with Crippen molar-refractivity contribution in [3.05, 3.63) is 94.8 Å². The maximum atomic E-state index is 14.0. The molecular formula is C31H38FN3O4S. The molecule has 0 heterocycles. The van der Waals surface area contributed by atoms with Crippen molar-refractivity contribution in [1.82, 2.24) is 10.2 Å². The minimum atomic E-state index is -4.14. The summed E-state index contributed by atoms with van der Waals surface area (Å²) in [4.78, 5) is 28.4. The summed E-state index contributed by atoms with van der Waals surface area (Å²) >= 11 is 0. The summed E-state index contributed by atoms with van der Waals surface area (Å²) in [6, 6.07) is 16.6. The maximum absolute atomic E-state index is 14.0. The molecule has 0 saturated heterocycles. The lowest BCUT2D eigenvalue weighted by molar-refractivity contribution is -0.139. The van der Waals surface area contributed by atoms with Crippen LogP contribution in [-0.4, -0.2) is 44.3 Å². The van der Waals surface area contributed by atoms with Crippen molar-refractivity contribution in [1.29, 1.82) is 0 Å². The zero-order chi connectivity index (χ0) is 29.4. The number of anilines is 1. The molecule has 0 bridgehead atoms. The lowest BCUT2D eigenvalue weighted by Crippen LogP contribution is -2.51. The third kappa shape index (κ3) is 7.69. The third-order valence-electron chi connectivity index (χ3n) is 6.77. The Morgan fingerprint density at radius 1 is 0.925 bits per heavy atom. The molecule has 0 radical (unpaired) electrons. The second-order valence-electron chi connectivity index (χ2n) is 10.1. The number of carbonyl (C=O) groups excluding carboxylic acids is 2. The van der Waals surface area contributed by atoms with E-state index in [0.717, 1.165) is 28.3 Å². The molecular weight excluding hydrogens is 529 g/mol. The van der Waals surface area contributed by atoms with Gasteiger partial charge in [0.2, 0.25) is 11.8 Å². The van der Waals surface area contributed by atoms with Crippen LogP contribution in [0.2, 0.25) is 0 Å². The highest BCUT2D eigenvalue weighted by atomic mass is 32.2. The number of amides is 2. The quantitative estimate of drug-likeness (QED) is 0.302. The number of rotatable bonds is 12. The molecule has 40 heavy (non-hydrogen) atoms. The van der Waals surface area contributed by atoms with E-state index in [2.05, 4.69) is 5.32 Å². The van der Waals surface area contributed by atoms with Gasteiger partial charge < -0.3 is 10.2 Å². The van der Waals surface area contributed by atoms with Crippen LogP contribution in [0, 0.1) is 26.6 Å². The van der Waals surface area contributed by atoms with Gasteiger partial charge in [0.05, 0.1) is 10.6 Å². The molecule has 3 rings (SSSR count). The van der Waals surface area contributed by atoms with E-state index >= 15 is 0 Å². The molecule has 1 atom stereocenters. The minimum absolute atomic E-state index is 0.00672. The Kier molecular flexibility index (Phi) is 10.5. The summed E-state index contributed by atoms with van der Waals surface area (Å²) in [7, 11) is -4.14. The molecule has 0 unspecified atom stereocenters. The monoisotopic (exact) mass is 567 g/mol. The van der Waals surface area contributed by atoms with Gasteiger partial charge in [-0.1, -0.05) is 60.9 Å². The van der Waals surface area contributed by atoms with Gasteiger partial charge in [-0.15, -0.1) is 0 Å². The maximum Gasteiger partial charge on any atom is 0.264 e. The fourth-order valence-electron chi connectivity index (χ4n) is 4.34. The highest BCUT2D eigenvalue weighted by molar-refractivity contribution is 7.92. The molecule has 0 aliphatic carbocycles. The molecule has 0 saturated carbocycles. The Balaban J connectivity index is 2.03. The first kappa shape index (κ1) is 30.8. The molecule has 0 aliphatic rings. The largest absolute Gasteiger partial charge is 0.354 e. The number of benzene rings is 3. The smallest absolute Gasteiger partial charge is 0.264 e. The van der Waals surface area contributed by atoms with E-state index in [1.165, 1.54) is 29.2 Å². The molecule has 0 spiro atoms. The predicted octanol–water partition coefficient (Wildman–Crippen LogP) is 5.28. The van der Waals surface area contributed by atoms with Gasteiger partial charge in [-0.05, 0) is 75.6 Å². The molecule has 0 fully saturated rings. The first-order valence-corrected chi connectivity index (χ1v) is 14.9. The Bertz CT molecular complexity index is 1420. The minimum Gasteiger partial charge on any atom is -0.354 e. The molecule has 1 N–H and O–H groups in total. The number of nitrogens with one attached hydrogen (secondary N) is 1. The van der Waals surface area contributed by atoms with Gasteiger partial charge in [-0.2, -0.15) is 0 Å². The fourth-order valence-corrected chi connectivity index (χ4v) is 5.82. The number of nitrogens with zero attached hydrogens (tertiary/aromatic N) is 2. The first-order chi connectivity index (χ1) is 18.9. The van der Waals surface area contributed by atoms with Gasteiger partial charge in [-0.25, -0.2) is 12.8 Å². The van der Waals surface area contributed by atoms with Gasteiger partial charge in [-0.3, -0.25) is 13.9 Å². The van der Waals surface area contributed by atoms with Gasteiger partial charge in [0.1, 0.15) is 18.4 Å². The Morgan fingerprint density at radius 2 is 1.55 bits per heavy atom. The van der Waals surface area contributed by atoms with E-state index < -0.39 is 34.3 Å². The molecule has 0 aromatic heterocycles. The average Bonchev–Trinajstić information content (AvgIpc) is 2.91. The van der Waals surface area contributed by atoms with Crippen molar-refractivity contribution in [3.63, 3.8) is 0 Å². The van der Waals surface area contributed by atoms with Crippen molar-refractivity contribution in [3.8, 4) is 0 Å². The van der Waals surface area contributed by atoms with Crippen LogP contribution in [0.3, 0.4) is 0 Å². The lowest BCUT2D eigenvalue weighted by atomic mass is 10.1. The van der Waals surface area contributed by atoms with E-state index in [-0.39, 0.29) is 17.3 Å². The molecule has 9 heteroatoms. The molecule has 214 valence electrons. The second-order valence-corrected chi connectivity index (χ2v) is 11.9. The molecule has 3 aromatic rings. The second kappa shape index (κ2) is 13.6. The van der Waals surface area contributed by atoms with Crippen LogP contribution in [0.5, 0.6) is 0 Å². The van der Waals surface area contributed by atoms with Crippen LogP contribution in [0.4, 0.5) is 10.1 Å². The summed E-state index contributed by atoms with van der Waals surface area (Å²) in [6.45, 7) is 9.14. The van der Waals surface area contributed by atoms with Crippen LogP contribution in [0.1, 0.15) is 48.9 Å². The van der Waals surface area contributed by atoms with E-state index in [9.17, 15) is 22.4 Å². The molecule has 0 aliphatic heterocycles. The first-order valence-electron chi connectivity index (χ1n) is 13.4.